The Morgan fingerprint density at radius 1 is 1.02 bits per heavy atom. The number of sulfonamides is 1. The molecule has 0 saturated carbocycles. The van der Waals surface area contributed by atoms with E-state index in [0.717, 1.165) is 73.6 Å². The van der Waals surface area contributed by atoms with E-state index in [1.165, 1.54) is 17.2 Å². The number of hydrogen-bond acceptors (Lipinski definition) is 10. The standard InChI is InChI=1S/C44H48Cl2N6O6S/c1-44(2)13-9-30(37(24-44)29-3-6-33(45)7-4-29)21-31-5-8-36(40(39(31)52-17-15-47-16-18-52)58-34-22-32-10-14-48-41(32)49-25-34)42(53)51-59(54,55)35-23-38(46)43(50-26-35)57-27-28-11-19-56-20-12-28/h3-8,10,14,22-23,25-26,28,47H,9,11-13,15-21,24,27H2,1-2H3,(H,48,49)(H,51,53). The highest BCUT2D eigenvalue weighted by atomic mass is 35.5. The molecule has 15 heteroatoms. The molecule has 2 aliphatic heterocycles. The topological polar surface area (TPSA) is 148 Å². The van der Waals surface area contributed by atoms with E-state index in [4.69, 9.17) is 37.4 Å². The Labute approximate surface area is 354 Å². The summed E-state index contributed by atoms with van der Waals surface area (Å²) in [5, 5.41) is 4.96. The van der Waals surface area contributed by atoms with Crippen LogP contribution in [0.5, 0.6) is 17.4 Å². The van der Waals surface area contributed by atoms with Gasteiger partial charge in [-0.2, -0.15) is 0 Å². The lowest BCUT2D eigenvalue weighted by molar-refractivity contribution is 0.0490. The van der Waals surface area contributed by atoms with E-state index < -0.39 is 15.9 Å². The number of allylic oxidation sites excluding steroid dienone is 2. The highest BCUT2D eigenvalue weighted by Crippen LogP contribution is 2.47. The molecule has 2 saturated heterocycles. The third kappa shape index (κ3) is 9.55. The Bertz CT molecular complexity index is 2480. The van der Waals surface area contributed by atoms with Gasteiger partial charge in [0.2, 0.25) is 5.88 Å². The predicted molar refractivity (Wildman–Crippen MR) is 230 cm³/mol. The van der Waals surface area contributed by atoms with Gasteiger partial charge in [0, 0.05) is 56.0 Å². The van der Waals surface area contributed by atoms with Gasteiger partial charge in [0.25, 0.3) is 15.9 Å². The van der Waals surface area contributed by atoms with Gasteiger partial charge in [0.05, 0.1) is 30.3 Å². The maximum absolute atomic E-state index is 14.4. The summed E-state index contributed by atoms with van der Waals surface area (Å²) in [5.41, 5.74) is 6.27. The lowest BCUT2D eigenvalue weighted by atomic mass is 9.71. The summed E-state index contributed by atoms with van der Waals surface area (Å²) in [5.74, 6) is 0.187. The van der Waals surface area contributed by atoms with Crippen LogP contribution in [0.25, 0.3) is 16.6 Å². The first kappa shape index (κ1) is 41.1. The largest absolute Gasteiger partial charge is 0.476 e. The fourth-order valence-corrected chi connectivity index (χ4v) is 9.43. The van der Waals surface area contributed by atoms with Crippen LogP contribution in [-0.4, -0.2) is 75.3 Å². The molecule has 0 radical (unpaired) electrons. The van der Waals surface area contributed by atoms with Crippen molar-refractivity contribution >= 4 is 61.4 Å². The zero-order chi connectivity index (χ0) is 41.1. The number of ether oxygens (including phenoxy) is 3. The van der Waals surface area contributed by atoms with Crippen molar-refractivity contribution in [2.45, 2.75) is 57.3 Å². The highest BCUT2D eigenvalue weighted by Gasteiger charge is 2.32. The Morgan fingerprint density at radius 3 is 2.56 bits per heavy atom. The molecular formula is C44H48Cl2N6O6S. The molecule has 0 spiro atoms. The van der Waals surface area contributed by atoms with E-state index in [9.17, 15) is 13.2 Å². The van der Waals surface area contributed by atoms with E-state index >= 15 is 0 Å². The summed E-state index contributed by atoms with van der Waals surface area (Å²) in [6, 6.07) is 16.6. The molecule has 310 valence electrons. The Balaban J connectivity index is 1.17. The lowest BCUT2D eigenvalue weighted by Crippen LogP contribution is -2.44. The molecule has 3 aromatic heterocycles. The third-order valence-corrected chi connectivity index (χ3v) is 13.2. The SMILES string of the molecule is CC1(C)CCC(Cc2ccc(C(=O)NS(=O)(=O)c3cnc(OCC4CCOCC4)c(Cl)c3)c(Oc3cnc4[nH]ccc4c3)c2N2CCNCC2)=C(c2ccc(Cl)cc2)C1. The quantitative estimate of drug-likeness (QED) is 0.111. The lowest BCUT2D eigenvalue weighted by Gasteiger charge is -2.36. The third-order valence-electron chi connectivity index (χ3n) is 11.4. The number of rotatable bonds is 12. The minimum atomic E-state index is -4.45. The Kier molecular flexibility index (Phi) is 12.2. The van der Waals surface area contributed by atoms with Crippen LogP contribution < -0.4 is 24.4 Å². The number of aromatic nitrogens is 3. The molecular weight excluding hydrogens is 811 g/mol. The van der Waals surface area contributed by atoms with Crippen LogP contribution in [0.4, 0.5) is 5.69 Å². The first-order valence-electron chi connectivity index (χ1n) is 20.0. The number of amides is 1. The van der Waals surface area contributed by atoms with Crippen molar-refractivity contribution < 1.29 is 27.4 Å². The number of halogens is 2. The van der Waals surface area contributed by atoms with Crippen LogP contribution in [0.1, 0.15) is 67.4 Å². The monoisotopic (exact) mass is 858 g/mol. The second kappa shape index (κ2) is 17.5. The van der Waals surface area contributed by atoms with Crippen molar-refractivity contribution in [3.05, 3.63) is 105 Å². The minimum Gasteiger partial charge on any atom is -0.476 e. The number of H-pyrrole nitrogens is 1. The summed E-state index contributed by atoms with van der Waals surface area (Å²) < 4.78 is 48.0. The predicted octanol–water partition coefficient (Wildman–Crippen LogP) is 8.60. The maximum atomic E-state index is 14.4. The van der Waals surface area contributed by atoms with Gasteiger partial charge in [-0.05, 0) is 103 Å². The number of nitrogens with one attached hydrogen (secondary N) is 3. The van der Waals surface area contributed by atoms with Crippen LogP contribution in [0.15, 0.2) is 83.7 Å². The summed E-state index contributed by atoms with van der Waals surface area (Å²) in [4.78, 5) is 28.2. The summed E-state index contributed by atoms with van der Waals surface area (Å²) in [6.07, 6.45) is 9.67. The van der Waals surface area contributed by atoms with Crippen molar-refractivity contribution in [1.29, 1.82) is 0 Å². The first-order chi connectivity index (χ1) is 28.4. The number of carbonyl (C=O) groups is 1. The van der Waals surface area contributed by atoms with Crippen LogP contribution in [0, 0.1) is 11.3 Å². The first-order valence-corrected chi connectivity index (χ1v) is 22.3. The average Bonchev–Trinajstić information content (AvgIpc) is 3.70. The molecule has 12 nitrogen and oxygen atoms in total. The number of fused-ring (bicyclic) bond motifs is 1. The molecule has 5 heterocycles. The molecule has 2 fully saturated rings. The zero-order valence-corrected chi connectivity index (χ0v) is 35.5. The van der Waals surface area contributed by atoms with Gasteiger partial charge >= 0.3 is 0 Å². The van der Waals surface area contributed by atoms with Gasteiger partial charge in [0.15, 0.2) is 5.75 Å². The molecule has 59 heavy (non-hydrogen) atoms. The summed E-state index contributed by atoms with van der Waals surface area (Å²) in [6.45, 7) is 9.04. The number of benzene rings is 2. The van der Waals surface area contributed by atoms with Crippen LogP contribution in [0.3, 0.4) is 0 Å². The van der Waals surface area contributed by atoms with Crippen molar-refractivity contribution in [2.75, 3.05) is 50.9 Å². The number of hydrogen-bond donors (Lipinski definition) is 3. The fourth-order valence-electron chi connectivity index (χ4n) is 8.09. The molecule has 5 aromatic rings. The number of pyridine rings is 2. The average molecular weight is 860 g/mol. The molecule has 0 bridgehead atoms. The van der Waals surface area contributed by atoms with E-state index in [2.05, 4.69) is 55.9 Å². The van der Waals surface area contributed by atoms with Crippen molar-refractivity contribution in [1.82, 2.24) is 25.0 Å². The Morgan fingerprint density at radius 2 is 1.80 bits per heavy atom. The van der Waals surface area contributed by atoms with E-state index in [1.54, 1.807) is 18.5 Å². The maximum Gasteiger partial charge on any atom is 0.268 e. The van der Waals surface area contributed by atoms with Crippen molar-refractivity contribution in [3.63, 3.8) is 0 Å². The number of piperazine rings is 1. The fraction of sp³-hybridized carbons (Fsp3) is 0.386. The van der Waals surface area contributed by atoms with Crippen molar-refractivity contribution in [2.24, 2.45) is 11.3 Å². The number of nitrogens with zero attached hydrogens (tertiary/aromatic N) is 3. The molecule has 3 N–H and O–H groups in total. The smallest absolute Gasteiger partial charge is 0.268 e. The summed E-state index contributed by atoms with van der Waals surface area (Å²) in [7, 11) is -4.45. The van der Waals surface area contributed by atoms with Gasteiger partial charge in [-0.15, -0.1) is 0 Å². The van der Waals surface area contributed by atoms with Crippen LogP contribution >= 0.6 is 23.2 Å². The van der Waals surface area contributed by atoms with Gasteiger partial charge < -0.3 is 29.4 Å². The van der Waals surface area contributed by atoms with Crippen LogP contribution in [-0.2, 0) is 21.2 Å². The normalized spacial score (nSPS) is 17.6. The number of anilines is 1. The number of aromatic amines is 1. The van der Waals surface area contributed by atoms with Gasteiger partial charge in [0.1, 0.15) is 21.3 Å². The minimum absolute atomic E-state index is 0.0211. The van der Waals surface area contributed by atoms with E-state index in [-0.39, 0.29) is 38.4 Å². The summed E-state index contributed by atoms with van der Waals surface area (Å²) >= 11 is 12.8. The molecule has 0 atom stereocenters. The molecule has 3 aliphatic rings. The molecule has 8 rings (SSSR count). The van der Waals surface area contributed by atoms with Crippen LogP contribution in [0.2, 0.25) is 10.0 Å². The van der Waals surface area contributed by atoms with Crippen molar-refractivity contribution in [3.8, 4) is 17.4 Å². The second-order valence-corrected chi connectivity index (χ2v) is 18.8. The highest BCUT2D eigenvalue weighted by molar-refractivity contribution is 7.90. The van der Waals surface area contributed by atoms with E-state index in [0.29, 0.717) is 55.8 Å². The molecule has 2 aromatic carbocycles. The molecule has 0 unspecified atom stereocenters. The second-order valence-electron chi connectivity index (χ2n) is 16.2. The van der Waals surface area contributed by atoms with Gasteiger partial charge in [-0.3, -0.25) is 4.79 Å². The molecule has 1 aliphatic carbocycles. The number of carbonyl (C=O) groups excluding carboxylic acids is 1. The van der Waals surface area contributed by atoms with E-state index in [1.807, 2.05) is 30.3 Å². The Hall–Kier alpha value is -4.66. The zero-order valence-electron chi connectivity index (χ0n) is 33.2. The molecule has 1 amide bonds. The van der Waals surface area contributed by atoms with Gasteiger partial charge in [-0.1, -0.05) is 60.8 Å². The van der Waals surface area contributed by atoms with Gasteiger partial charge in [-0.25, -0.2) is 23.1 Å².